The maximum absolute atomic E-state index is 9.43. The maximum Gasteiger partial charge on any atom is 0.181 e. The highest BCUT2D eigenvalue weighted by Gasteiger charge is 2.43. The Labute approximate surface area is 79.0 Å². The van der Waals surface area contributed by atoms with Crippen molar-refractivity contribution in [3.8, 4) is 0 Å². The Morgan fingerprint density at radius 3 is 2.43 bits per heavy atom. The summed E-state index contributed by atoms with van der Waals surface area (Å²) in [6, 6.07) is -1.22. The molecule has 1 saturated heterocycles. The summed E-state index contributed by atoms with van der Waals surface area (Å²) in [5.41, 5.74) is 8.15. The summed E-state index contributed by atoms with van der Waals surface area (Å²) >= 11 is 0. The minimum atomic E-state index is -1.58. The molecule has 0 bridgehead atoms. The molecule has 80 valence electrons. The lowest BCUT2D eigenvalue weighted by atomic mass is 9.97. The van der Waals surface area contributed by atoms with E-state index < -0.39 is 37.3 Å². The molecule has 14 heavy (non-hydrogen) atoms. The first-order valence-corrected chi connectivity index (χ1v) is 3.96. The van der Waals surface area contributed by atoms with Crippen LogP contribution in [0.5, 0.6) is 0 Å². The van der Waals surface area contributed by atoms with E-state index in [0.29, 0.717) is 0 Å². The van der Waals surface area contributed by atoms with Crippen molar-refractivity contribution in [2.24, 2.45) is 5.11 Å². The summed E-state index contributed by atoms with van der Waals surface area (Å²) in [4.78, 5) is 2.42. The number of nitrogens with zero attached hydrogens (tertiary/aromatic N) is 3. The summed E-state index contributed by atoms with van der Waals surface area (Å²) < 4.78 is 4.66. The van der Waals surface area contributed by atoms with Crippen molar-refractivity contribution in [3.63, 3.8) is 0 Å². The van der Waals surface area contributed by atoms with Crippen molar-refractivity contribution in [1.29, 1.82) is 0 Å². The second-order valence-electron chi connectivity index (χ2n) is 2.92. The third-order valence-electron chi connectivity index (χ3n) is 2.05. The van der Waals surface area contributed by atoms with Crippen LogP contribution in [0.2, 0.25) is 0 Å². The quantitative estimate of drug-likeness (QED) is 0.237. The van der Waals surface area contributed by atoms with Crippen LogP contribution in [0.3, 0.4) is 0 Å². The second-order valence-corrected chi connectivity index (χ2v) is 2.92. The molecule has 1 rings (SSSR count). The molecule has 1 aliphatic rings. The first kappa shape index (κ1) is 11.2. The van der Waals surface area contributed by atoms with Crippen molar-refractivity contribution in [1.82, 2.24) is 0 Å². The van der Waals surface area contributed by atoms with E-state index in [-0.39, 0.29) is 0 Å². The predicted molar refractivity (Wildman–Crippen MR) is 42.9 cm³/mol. The van der Waals surface area contributed by atoms with Crippen LogP contribution in [-0.4, -0.2) is 57.7 Å². The van der Waals surface area contributed by atoms with Crippen LogP contribution >= 0.6 is 0 Å². The van der Waals surface area contributed by atoms with E-state index in [9.17, 15) is 10.2 Å². The minimum absolute atomic E-state index is 0.539. The van der Waals surface area contributed by atoms with Crippen molar-refractivity contribution in [2.45, 2.75) is 30.6 Å². The molecule has 0 aromatic rings. The normalized spacial score (nSPS) is 43.0. The first-order chi connectivity index (χ1) is 6.61. The van der Waals surface area contributed by atoms with Crippen molar-refractivity contribution < 1.29 is 25.2 Å². The van der Waals surface area contributed by atoms with E-state index in [4.69, 9.17) is 15.7 Å². The van der Waals surface area contributed by atoms with E-state index >= 15 is 0 Å². The van der Waals surface area contributed by atoms with Gasteiger partial charge in [0.2, 0.25) is 0 Å². The molecule has 0 aromatic carbocycles. The molecule has 0 aliphatic carbocycles. The van der Waals surface area contributed by atoms with E-state index in [1.165, 1.54) is 0 Å². The van der Waals surface area contributed by atoms with Crippen LogP contribution in [0, 0.1) is 0 Å². The van der Waals surface area contributed by atoms with Crippen LogP contribution in [-0.2, 0) is 4.74 Å². The van der Waals surface area contributed by atoms with Gasteiger partial charge in [0.1, 0.15) is 12.2 Å². The zero-order chi connectivity index (χ0) is 10.7. The van der Waals surface area contributed by atoms with Gasteiger partial charge in [-0.3, -0.25) is 0 Å². The van der Waals surface area contributed by atoms with Crippen LogP contribution in [0.15, 0.2) is 5.11 Å². The van der Waals surface area contributed by atoms with Crippen LogP contribution in [0.1, 0.15) is 0 Å². The summed E-state index contributed by atoms with van der Waals surface area (Å²) in [6.07, 6.45) is -5.48. The molecule has 0 spiro atoms. The number of aliphatic hydroxyl groups excluding tert-OH is 4. The van der Waals surface area contributed by atoms with Gasteiger partial charge < -0.3 is 25.2 Å². The molecule has 0 aromatic heterocycles. The lowest BCUT2D eigenvalue weighted by Crippen LogP contribution is -2.57. The van der Waals surface area contributed by atoms with E-state index in [2.05, 4.69) is 14.8 Å². The highest BCUT2D eigenvalue weighted by molar-refractivity contribution is 4.93. The monoisotopic (exact) mass is 205 g/mol. The lowest BCUT2D eigenvalue weighted by Gasteiger charge is -2.37. The maximum atomic E-state index is 9.43. The number of aliphatic hydroxyl groups is 4. The fourth-order valence-corrected chi connectivity index (χ4v) is 1.28. The molecule has 1 fully saturated rings. The molecular weight excluding hydrogens is 194 g/mol. The minimum Gasteiger partial charge on any atom is -0.394 e. The average Bonchev–Trinajstić information content (AvgIpc) is 2.18. The number of azide groups is 1. The van der Waals surface area contributed by atoms with Crippen LogP contribution < -0.4 is 0 Å². The van der Waals surface area contributed by atoms with Gasteiger partial charge in [0.05, 0.1) is 18.8 Å². The third kappa shape index (κ3) is 1.95. The van der Waals surface area contributed by atoms with Gasteiger partial charge in [-0.1, -0.05) is 5.11 Å². The van der Waals surface area contributed by atoms with Crippen LogP contribution in [0.4, 0.5) is 0 Å². The van der Waals surface area contributed by atoms with Gasteiger partial charge in [-0.2, -0.15) is 0 Å². The molecule has 0 unspecified atom stereocenters. The fourth-order valence-electron chi connectivity index (χ4n) is 1.28. The molecule has 8 heteroatoms. The van der Waals surface area contributed by atoms with Gasteiger partial charge in [0.15, 0.2) is 6.29 Å². The van der Waals surface area contributed by atoms with Crippen molar-refractivity contribution in [2.75, 3.05) is 6.61 Å². The van der Waals surface area contributed by atoms with Gasteiger partial charge in [-0.25, -0.2) is 0 Å². The highest BCUT2D eigenvalue weighted by Crippen LogP contribution is 2.22. The molecule has 1 heterocycles. The third-order valence-corrected chi connectivity index (χ3v) is 2.05. The van der Waals surface area contributed by atoms with Gasteiger partial charge in [0.25, 0.3) is 0 Å². The summed E-state index contributed by atoms with van der Waals surface area (Å²) in [7, 11) is 0. The summed E-state index contributed by atoms with van der Waals surface area (Å²) in [6.45, 7) is -0.539. The first-order valence-electron chi connectivity index (χ1n) is 3.96. The van der Waals surface area contributed by atoms with Gasteiger partial charge in [-0.05, 0) is 5.53 Å². The topological polar surface area (TPSA) is 139 Å². The Morgan fingerprint density at radius 1 is 1.29 bits per heavy atom. The molecule has 0 saturated carbocycles. The van der Waals surface area contributed by atoms with Crippen molar-refractivity contribution in [3.05, 3.63) is 10.4 Å². The molecule has 8 nitrogen and oxygen atoms in total. The van der Waals surface area contributed by atoms with Gasteiger partial charge in [-0.15, -0.1) is 0 Å². The van der Waals surface area contributed by atoms with E-state index in [0.717, 1.165) is 0 Å². The molecule has 1 aliphatic heterocycles. The largest absolute Gasteiger partial charge is 0.394 e. The fraction of sp³-hybridized carbons (Fsp3) is 1.00. The molecular formula is C6H11N3O5. The van der Waals surface area contributed by atoms with Gasteiger partial charge in [0, 0.05) is 4.91 Å². The van der Waals surface area contributed by atoms with Crippen molar-refractivity contribution >= 4 is 0 Å². The number of ether oxygens (including phenoxy) is 1. The zero-order valence-corrected chi connectivity index (χ0v) is 7.13. The van der Waals surface area contributed by atoms with Gasteiger partial charge >= 0.3 is 0 Å². The average molecular weight is 205 g/mol. The number of rotatable bonds is 2. The zero-order valence-electron chi connectivity index (χ0n) is 7.13. The smallest absolute Gasteiger partial charge is 0.181 e. The Morgan fingerprint density at radius 2 is 1.93 bits per heavy atom. The predicted octanol–water partition coefficient (Wildman–Crippen LogP) is -1.90. The highest BCUT2D eigenvalue weighted by atomic mass is 16.6. The van der Waals surface area contributed by atoms with E-state index in [1.54, 1.807) is 0 Å². The number of hydrogen-bond donors (Lipinski definition) is 4. The molecule has 5 atom stereocenters. The van der Waals surface area contributed by atoms with E-state index in [1.807, 2.05) is 0 Å². The van der Waals surface area contributed by atoms with Crippen LogP contribution in [0.25, 0.3) is 10.4 Å². The Kier molecular flexibility index (Phi) is 3.64. The summed E-state index contributed by atoms with van der Waals surface area (Å²) in [5, 5.41) is 39.7. The summed E-state index contributed by atoms with van der Waals surface area (Å²) in [5.74, 6) is 0. The Bertz CT molecular complexity index is 244. The molecule has 4 N–H and O–H groups in total. The number of hydrogen-bond acceptors (Lipinski definition) is 6. The molecule has 0 amide bonds. The SMILES string of the molecule is [N-]=[N+]=N[C@H]1[C@@H](O)[C@@H](O)O[C@H](CO)[C@@H]1O. The standard InChI is InChI=1S/C6H11N3O5/c7-9-8-3-4(11)2(1-10)14-6(13)5(3)12/h2-6,10-13H,1H2/t2-,3-,4+,5-,6+/m1/s1. The Hall–Kier alpha value is -0.890. The molecule has 0 radical (unpaired) electrons. The lowest BCUT2D eigenvalue weighted by molar-refractivity contribution is -0.258. The second kappa shape index (κ2) is 4.56. The Balaban J connectivity index is 2.82.